The predicted molar refractivity (Wildman–Crippen MR) is 115 cm³/mol. The van der Waals surface area contributed by atoms with Gasteiger partial charge in [-0.1, -0.05) is 44.6 Å². The lowest BCUT2D eigenvalue weighted by Crippen LogP contribution is -2.53. The van der Waals surface area contributed by atoms with Crippen molar-refractivity contribution in [1.82, 2.24) is 4.57 Å². The number of hydrogen-bond acceptors (Lipinski definition) is 4. The molecule has 0 bridgehead atoms. The van der Waals surface area contributed by atoms with Crippen molar-refractivity contribution in [3.05, 3.63) is 48.3 Å². The molecule has 3 aliphatic rings. The molecular formula is C25H31NO5. The molecule has 1 unspecified atom stereocenters. The van der Waals surface area contributed by atoms with E-state index in [4.69, 9.17) is 14.2 Å². The zero-order valence-electron chi connectivity index (χ0n) is 17.9. The van der Waals surface area contributed by atoms with E-state index in [-0.39, 0.29) is 0 Å². The summed E-state index contributed by atoms with van der Waals surface area (Å²) < 4.78 is 19.7. The maximum Gasteiger partial charge on any atom is 0.510 e. The van der Waals surface area contributed by atoms with Gasteiger partial charge in [-0.15, -0.1) is 0 Å². The lowest BCUT2D eigenvalue weighted by Gasteiger charge is -2.52. The minimum atomic E-state index is -1.38. The predicted octanol–water partition coefficient (Wildman–Crippen LogP) is 6.22. The van der Waals surface area contributed by atoms with Crippen LogP contribution in [0.4, 0.5) is 4.79 Å². The Morgan fingerprint density at radius 2 is 1.58 bits per heavy atom. The molecule has 0 amide bonds. The van der Waals surface area contributed by atoms with Crippen LogP contribution in [0.25, 0.3) is 5.69 Å². The molecule has 1 atom stereocenters. The van der Waals surface area contributed by atoms with Gasteiger partial charge >= 0.3 is 12.6 Å². The van der Waals surface area contributed by atoms with E-state index >= 15 is 0 Å². The Hall–Kier alpha value is -2.47. The van der Waals surface area contributed by atoms with Crippen molar-refractivity contribution in [2.24, 2.45) is 11.8 Å². The van der Waals surface area contributed by atoms with Gasteiger partial charge in [0, 0.05) is 29.7 Å². The van der Waals surface area contributed by atoms with Crippen molar-refractivity contribution in [3.8, 4) is 11.4 Å². The van der Waals surface area contributed by atoms with Crippen LogP contribution in [-0.2, 0) is 15.1 Å². The number of hydrogen-bond donors (Lipinski definition) is 1. The minimum absolute atomic E-state index is 0.337. The summed E-state index contributed by atoms with van der Waals surface area (Å²) in [5.74, 6) is 1.36. The number of carboxylic acid groups (broad SMARTS) is 1. The van der Waals surface area contributed by atoms with Crippen molar-refractivity contribution in [2.75, 3.05) is 0 Å². The van der Waals surface area contributed by atoms with Crippen molar-refractivity contribution in [3.63, 3.8) is 0 Å². The summed E-state index contributed by atoms with van der Waals surface area (Å²) >= 11 is 0. The van der Waals surface area contributed by atoms with Crippen LogP contribution in [0, 0.1) is 11.8 Å². The first-order valence-electron chi connectivity index (χ1n) is 11.7. The van der Waals surface area contributed by atoms with Crippen LogP contribution in [0.5, 0.6) is 5.75 Å². The van der Waals surface area contributed by atoms with E-state index in [1.54, 1.807) is 0 Å². The summed E-state index contributed by atoms with van der Waals surface area (Å²) in [5, 5.41) is 9.32. The van der Waals surface area contributed by atoms with Gasteiger partial charge in [0.15, 0.2) is 0 Å². The maximum absolute atomic E-state index is 11.4. The van der Waals surface area contributed by atoms with Crippen LogP contribution in [0.2, 0.25) is 0 Å². The Kier molecular flexibility index (Phi) is 5.65. The zero-order chi connectivity index (χ0) is 21.3. The first-order valence-corrected chi connectivity index (χ1v) is 11.7. The second-order valence-corrected chi connectivity index (χ2v) is 9.14. The van der Waals surface area contributed by atoms with E-state index in [2.05, 4.69) is 12.1 Å². The number of benzene rings is 1. The van der Waals surface area contributed by atoms with Gasteiger partial charge < -0.3 is 19.1 Å². The molecule has 2 aromatic rings. The van der Waals surface area contributed by atoms with Crippen molar-refractivity contribution in [2.45, 2.75) is 76.3 Å². The van der Waals surface area contributed by atoms with Gasteiger partial charge in [-0.25, -0.2) is 4.79 Å². The van der Waals surface area contributed by atoms with Gasteiger partial charge in [-0.05, 0) is 55.7 Å². The van der Waals surface area contributed by atoms with E-state index in [1.807, 2.05) is 35.2 Å². The monoisotopic (exact) mass is 425 g/mol. The van der Waals surface area contributed by atoms with Crippen molar-refractivity contribution >= 4 is 6.16 Å². The van der Waals surface area contributed by atoms with Gasteiger partial charge in [0.25, 0.3) is 0 Å². The van der Waals surface area contributed by atoms with Gasteiger partial charge in [0.1, 0.15) is 11.4 Å². The largest absolute Gasteiger partial charge is 0.510 e. The number of fused-ring (bicyclic) bond motifs is 1. The average Bonchev–Trinajstić information content (AvgIpc) is 3.34. The lowest BCUT2D eigenvalue weighted by molar-refractivity contribution is -0.324. The Bertz CT molecular complexity index is 879. The standard InChI is InChI=1S/C25H31NO5/c27-23(28)30-24-29-22-17-20(26-15-7-8-16-26)13-14-21(22)25(31-24,18-9-3-1-4-10-18)19-11-5-2-6-12-19/h7-8,13-19,24H,1-6,9-12H2,(H,27,28). The lowest BCUT2D eigenvalue weighted by atomic mass is 9.63. The molecule has 6 heteroatoms. The minimum Gasteiger partial charge on any atom is -0.450 e. The third kappa shape index (κ3) is 3.82. The second kappa shape index (κ2) is 8.58. The quantitative estimate of drug-likeness (QED) is 0.589. The van der Waals surface area contributed by atoms with E-state index in [0.717, 1.165) is 36.9 Å². The van der Waals surface area contributed by atoms with E-state index in [1.165, 1.54) is 38.5 Å². The summed E-state index contributed by atoms with van der Waals surface area (Å²) in [7, 11) is 0. The summed E-state index contributed by atoms with van der Waals surface area (Å²) in [6, 6.07) is 10.2. The normalized spacial score (nSPS) is 24.2. The number of ether oxygens (including phenoxy) is 3. The summed E-state index contributed by atoms with van der Waals surface area (Å²) in [4.78, 5) is 11.4. The fourth-order valence-corrected chi connectivity index (χ4v) is 6.11. The molecule has 0 spiro atoms. The van der Waals surface area contributed by atoms with Crippen LogP contribution in [0.3, 0.4) is 0 Å². The smallest absolute Gasteiger partial charge is 0.450 e. The third-order valence-corrected chi connectivity index (χ3v) is 7.42. The molecule has 2 fully saturated rings. The van der Waals surface area contributed by atoms with Crippen LogP contribution in [-0.4, -0.2) is 22.3 Å². The van der Waals surface area contributed by atoms with Gasteiger partial charge in [0.2, 0.25) is 0 Å². The molecular weight excluding hydrogens is 394 g/mol. The summed E-state index contributed by atoms with van der Waals surface area (Å²) in [6.07, 6.45) is 14.2. The Morgan fingerprint density at radius 3 is 2.16 bits per heavy atom. The number of rotatable bonds is 4. The third-order valence-electron chi connectivity index (χ3n) is 7.42. The molecule has 1 N–H and O–H groups in total. The van der Waals surface area contributed by atoms with E-state index in [9.17, 15) is 9.90 Å². The van der Waals surface area contributed by atoms with Crippen LogP contribution in [0.15, 0.2) is 42.7 Å². The molecule has 1 aliphatic heterocycles. The molecule has 2 heterocycles. The maximum atomic E-state index is 11.4. The highest BCUT2D eigenvalue weighted by atomic mass is 16.9. The average molecular weight is 426 g/mol. The highest BCUT2D eigenvalue weighted by Crippen LogP contribution is 2.56. The molecule has 2 aliphatic carbocycles. The molecule has 2 saturated carbocycles. The summed E-state index contributed by atoms with van der Waals surface area (Å²) in [5.41, 5.74) is 1.47. The van der Waals surface area contributed by atoms with Gasteiger partial charge in [-0.2, -0.15) is 0 Å². The fourth-order valence-electron chi connectivity index (χ4n) is 6.11. The van der Waals surface area contributed by atoms with Gasteiger partial charge in [-0.3, -0.25) is 4.74 Å². The van der Waals surface area contributed by atoms with Crippen LogP contribution < -0.4 is 4.74 Å². The fraction of sp³-hybridized carbons (Fsp3) is 0.560. The Balaban J connectivity index is 1.63. The number of carbonyl (C=O) groups is 1. The molecule has 6 nitrogen and oxygen atoms in total. The zero-order valence-corrected chi connectivity index (χ0v) is 17.9. The molecule has 0 radical (unpaired) electrons. The first-order chi connectivity index (χ1) is 15.2. The highest BCUT2D eigenvalue weighted by molar-refractivity contribution is 5.57. The number of aromatic nitrogens is 1. The molecule has 1 aromatic heterocycles. The SMILES string of the molecule is O=C(O)OC1Oc2cc(-n3cccc3)ccc2C(C2CCCCC2)(C2CCCCC2)O1. The van der Waals surface area contributed by atoms with Crippen molar-refractivity contribution < 1.29 is 24.1 Å². The molecule has 0 saturated heterocycles. The van der Waals surface area contributed by atoms with Crippen LogP contribution in [0.1, 0.15) is 69.8 Å². The molecule has 166 valence electrons. The molecule has 1 aromatic carbocycles. The first kappa shape index (κ1) is 20.4. The Morgan fingerprint density at radius 1 is 0.968 bits per heavy atom. The summed E-state index contributed by atoms with van der Waals surface area (Å²) in [6.45, 7) is -1.24. The van der Waals surface area contributed by atoms with E-state index < -0.39 is 18.2 Å². The van der Waals surface area contributed by atoms with Crippen molar-refractivity contribution in [1.29, 1.82) is 0 Å². The topological polar surface area (TPSA) is 69.9 Å². The van der Waals surface area contributed by atoms with Crippen LogP contribution >= 0.6 is 0 Å². The molecule has 5 rings (SSSR count). The van der Waals surface area contributed by atoms with E-state index in [0.29, 0.717) is 17.6 Å². The second-order valence-electron chi connectivity index (χ2n) is 9.14. The Labute approximate surface area is 183 Å². The highest BCUT2D eigenvalue weighted by Gasteiger charge is 2.54. The molecule has 31 heavy (non-hydrogen) atoms. The number of nitrogens with zero attached hydrogens (tertiary/aromatic N) is 1. The van der Waals surface area contributed by atoms with Gasteiger partial charge in [0.05, 0.1) is 0 Å².